The Balaban J connectivity index is 2.70. The van der Waals surface area contributed by atoms with Gasteiger partial charge in [0.2, 0.25) is 0 Å². The average Bonchev–Trinajstić information content (AvgIpc) is 2.16. The second-order valence-corrected chi connectivity index (χ2v) is 6.50. The second kappa shape index (κ2) is 3.23. The number of aryl methyl sites for hydroxylation is 2. The van der Waals surface area contributed by atoms with Gasteiger partial charge in [0.05, 0.1) is 15.8 Å². The van der Waals surface area contributed by atoms with Crippen LogP contribution in [0.1, 0.15) is 18.1 Å². The van der Waals surface area contributed by atoms with E-state index in [-0.39, 0.29) is 5.25 Å². The van der Waals surface area contributed by atoms with E-state index in [0.29, 0.717) is 11.4 Å². The minimum absolute atomic E-state index is 0.341. The maximum atomic E-state index is 12.0. The zero-order chi connectivity index (χ0) is 11.2. The van der Waals surface area contributed by atoms with Crippen molar-refractivity contribution in [2.75, 3.05) is 11.9 Å². The van der Waals surface area contributed by atoms with Crippen LogP contribution in [0.4, 0.5) is 5.69 Å². The van der Waals surface area contributed by atoms with E-state index < -0.39 is 9.84 Å². The van der Waals surface area contributed by atoms with Crippen molar-refractivity contribution >= 4 is 15.5 Å². The Kier molecular flexibility index (Phi) is 2.26. The summed E-state index contributed by atoms with van der Waals surface area (Å²) in [5, 5.41) is 2.82. The van der Waals surface area contributed by atoms with Crippen LogP contribution in [0.25, 0.3) is 0 Å². The Labute approximate surface area is 90.4 Å². The molecule has 0 fully saturated rings. The summed E-state index contributed by atoms with van der Waals surface area (Å²) in [4.78, 5) is 0.448. The molecule has 4 heteroatoms. The fraction of sp³-hybridized carbons (Fsp3) is 0.455. The first-order valence-electron chi connectivity index (χ1n) is 5.02. The van der Waals surface area contributed by atoms with E-state index in [1.54, 1.807) is 13.0 Å². The van der Waals surface area contributed by atoms with E-state index in [9.17, 15) is 8.42 Å². The monoisotopic (exact) mass is 225 g/mol. The fourth-order valence-electron chi connectivity index (χ4n) is 1.74. The predicted molar refractivity (Wildman–Crippen MR) is 61.1 cm³/mol. The summed E-state index contributed by atoms with van der Waals surface area (Å²) in [5.74, 6) is 0. The normalized spacial score (nSPS) is 23.0. The van der Waals surface area contributed by atoms with Crippen molar-refractivity contribution in [1.82, 2.24) is 0 Å². The molecule has 1 aromatic rings. The third kappa shape index (κ3) is 1.53. The number of hydrogen-bond acceptors (Lipinski definition) is 3. The highest BCUT2D eigenvalue weighted by Gasteiger charge is 2.30. The molecular formula is C11H15NO2S. The molecule has 0 saturated carbocycles. The summed E-state index contributed by atoms with van der Waals surface area (Å²) < 4.78 is 24.1. The van der Waals surface area contributed by atoms with Crippen molar-refractivity contribution in [2.24, 2.45) is 0 Å². The van der Waals surface area contributed by atoms with Crippen molar-refractivity contribution in [1.29, 1.82) is 0 Å². The summed E-state index contributed by atoms with van der Waals surface area (Å²) in [7, 11) is -3.12. The van der Waals surface area contributed by atoms with Crippen LogP contribution in [-0.4, -0.2) is 20.2 Å². The zero-order valence-electron chi connectivity index (χ0n) is 9.16. The molecule has 0 spiro atoms. The van der Waals surface area contributed by atoms with Gasteiger partial charge in [-0.15, -0.1) is 0 Å². The van der Waals surface area contributed by atoms with Crippen LogP contribution >= 0.6 is 0 Å². The molecule has 0 bridgehead atoms. The Hall–Kier alpha value is -1.03. The lowest BCUT2D eigenvalue weighted by atomic mass is 10.1. The summed E-state index contributed by atoms with van der Waals surface area (Å²) in [6.45, 7) is 6.16. The molecule has 1 aliphatic heterocycles. The van der Waals surface area contributed by atoms with Crippen molar-refractivity contribution in [3.8, 4) is 0 Å². The van der Waals surface area contributed by atoms with E-state index >= 15 is 0 Å². The van der Waals surface area contributed by atoms with E-state index in [2.05, 4.69) is 5.32 Å². The number of nitrogens with one attached hydrogen (secondary N) is 1. The van der Waals surface area contributed by atoms with Gasteiger partial charge >= 0.3 is 0 Å². The molecule has 0 radical (unpaired) electrons. The quantitative estimate of drug-likeness (QED) is 0.733. The molecule has 1 atom stereocenters. The first-order chi connectivity index (χ1) is 6.93. The molecule has 1 N–H and O–H groups in total. The van der Waals surface area contributed by atoms with Gasteiger partial charge in [-0.3, -0.25) is 0 Å². The van der Waals surface area contributed by atoms with Crippen LogP contribution in [0, 0.1) is 13.8 Å². The van der Waals surface area contributed by atoms with Gasteiger partial charge in [0.15, 0.2) is 9.84 Å². The van der Waals surface area contributed by atoms with Crippen LogP contribution in [0.5, 0.6) is 0 Å². The van der Waals surface area contributed by atoms with Gasteiger partial charge in [0, 0.05) is 6.54 Å². The van der Waals surface area contributed by atoms with Crippen molar-refractivity contribution in [3.63, 3.8) is 0 Å². The SMILES string of the molecule is Cc1cc2c(cc1C)S(=O)(=O)C(C)CN2. The van der Waals surface area contributed by atoms with Gasteiger partial charge in [-0.05, 0) is 44.0 Å². The highest BCUT2D eigenvalue weighted by atomic mass is 32.2. The van der Waals surface area contributed by atoms with Crippen LogP contribution in [0.3, 0.4) is 0 Å². The Morgan fingerprint density at radius 1 is 1.27 bits per heavy atom. The number of anilines is 1. The summed E-state index contributed by atoms with van der Waals surface area (Å²) in [6.07, 6.45) is 0. The Bertz CT molecular complexity index is 506. The van der Waals surface area contributed by atoms with E-state index in [1.807, 2.05) is 19.9 Å². The lowest BCUT2D eigenvalue weighted by Crippen LogP contribution is -2.32. The molecule has 1 aromatic carbocycles. The second-order valence-electron chi connectivity index (χ2n) is 4.17. The first-order valence-corrected chi connectivity index (χ1v) is 6.56. The lowest BCUT2D eigenvalue weighted by molar-refractivity contribution is 0.582. The molecular weight excluding hydrogens is 210 g/mol. The fourth-order valence-corrected chi connectivity index (χ4v) is 3.26. The third-order valence-corrected chi connectivity index (χ3v) is 5.19. The van der Waals surface area contributed by atoms with Gasteiger partial charge < -0.3 is 5.32 Å². The van der Waals surface area contributed by atoms with Gasteiger partial charge in [-0.2, -0.15) is 0 Å². The first kappa shape index (κ1) is 10.5. The topological polar surface area (TPSA) is 46.2 Å². The van der Waals surface area contributed by atoms with Crippen molar-refractivity contribution in [2.45, 2.75) is 30.9 Å². The predicted octanol–water partition coefficient (Wildman–Crippen LogP) is 1.89. The molecule has 0 saturated heterocycles. The maximum absolute atomic E-state index is 12.0. The average molecular weight is 225 g/mol. The number of sulfone groups is 1. The number of fused-ring (bicyclic) bond motifs is 1. The molecule has 0 amide bonds. The molecule has 1 heterocycles. The molecule has 82 valence electrons. The number of rotatable bonds is 0. The van der Waals surface area contributed by atoms with Crippen molar-refractivity contribution < 1.29 is 8.42 Å². The minimum atomic E-state index is -3.12. The van der Waals surface area contributed by atoms with Crippen LogP contribution < -0.4 is 5.32 Å². The molecule has 2 rings (SSSR count). The maximum Gasteiger partial charge on any atom is 0.184 e. The highest BCUT2D eigenvalue weighted by molar-refractivity contribution is 7.92. The molecule has 3 nitrogen and oxygen atoms in total. The summed E-state index contributed by atoms with van der Waals surface area (Å²) in [6, 6.07) is 3.68. The Morgan fingerprint density at radius 3 is 2.53 bits per heavy atom. The smallest absolute Gasteiger partial charge is 0.184 e. The largest absolute Gasteiger partial charge is 0.383 e. The molecule has 15 heavy (non-hydrogen) atoms. The van der Waals surface area contributed by atoms with Crippen LogP contribution in [0.15, 0.2) is 17.0 Å². The van der Waals surface area contributed by atoms with Crippen LogP contribution in [-0.2, 0) is 9.84 Å². The standard InChI is InChI=1S/C11H15NO2S/c1-7-4-10-11(5-8(7)2)15(13,14)9(3)6-12-10/h4-5,9,12H,6H2,1-3H3. The van der Waals surface area contributed by atoms with Crippen molar-refractivity contribution in [3.05, 3.63) is 23.3 Å². The van der Waals surface area contributed by atoms with Gasteiger partial charge in [-0.1, -0.05) is 0 Å². The molecule has 1 aliphatic rings. The molecule has 1 unspecified atom stereocenters. The highest BCUT2D eigenvalue weighted by Crippen LogP contribution is 2.31. The summed E-state index contributed by atoms with van der Waals surface area (Å²) >= 11 is 0. The van der Waals surface area contributed by atoms with Gasteiger partial charge in [0.1, 0.15) is 0 Å². The molecule has 0 aliphatic carbocycles. The van der Waals surface area contributed by atoms with Gasteiger partial charge in [0.25, 0.3) is 0 Å². The number of hydrogen-bond donors (Lipinski definition) is 1. The van der Waals surface area contributed by atoms with E-state index in [4.69, 9.17) is 0 Å². The van der Waals surface area contributed by atoms with E-state index in [1.165, 1.54) is 0 Å². The number of benzene rings is 1. The zero-order valence-corrected chi connectivity index (χ0v) is 9.98. The minimum Gasteiger partial charge on any atom is -0.383 e. The van der Waals surface area contributed by atoms with Crippen LogP contribution in [0.2, 0.25) is 0 Å². The summed E-state index contributed by atoms with van der Waals surface area (Å²) in [5.41, 5.74) is 2.88. The third-order valence-electron chi connectivity index (χ3n) is 3.01. The van der Waals surface area contributed by atoms with Gasteiger partial charge in [-0.25, -0.2) is 8.42 Å². The lowest BCUT2D eigenvalue weighted by Gasteiger charge is -2.24. The Morgan fingerprint density at radius 2 is 1.87 bits per heavy atom. The van der Waals surface area contributed by atoms with E-state index in [0.717, 1.165) is 16.8 Å². The molecule has 0 aromatic heterocycles.